The van der Waals surface area contributed by atoms with Gasteiger partial charge in [0.05, 0.1) is 4.92 Å². The van der Waals surface area contributed by atoms with Gasteiger partial charge in [0.25, 0.3) is 0 Å². The Bertz CT molecular complexity index is 589. The molecule has 0 bridgehead atoms. The fraction of sp³-hybridized carbons (Fsp3) is 0.500. The molecule has 1 saturated heterocycles. The summed E-state index contributed by atoms with van der Waals surface area (Å²) in [5, 5.41) is 14.0. The molecule has 0 aromatic heterocycles. The smallest absolute Gasteiger partial charge is 0.327 e. The van der Waals surface area contributed by atoms with Crippen molar-refractivity contribution in [2.45, 2.75) is 37.8 Å². The number of nitro benzene ring substituents is 1. The molecule has 7 heteroatoms. The fourth-order valence-corrected chi connectivity index (χ4v) is 2.77. The first-order chi connectivity index (χ1) is 10.1. The van der Waals surface area contributed by atoms with Crippen molar-refractivity contribution in [3.63, 3.8) is 0 Å². The molecule has 3 rings (SSSR count). The number of nitro groups is 1. The van der Waals surface area contributed by atoms with Crippen LogP contribution in [0.4, 0.5) is 15.8 Å². The number of hydrogen-bond acceptors (Lipinski definition) is 4. The lowest BCUT2D eigenvalue weighted by molar-refractivity contribution is -0.386. The average molecular weight is 293 g/mol. The van der Waals surface area contributed by atoms with Crippen molar-refractivity contribution < 1.29 is 14.1 Å². The van der Waals surface area contributed by atoms with Crippen LogP contribution in [0.2, 0.25) is 0 Å². The number of amides is 1. The van der Waals surface area contributed by atoms with Gasteiger partial charge in [-0.2, -0.15) is 4.39 Å². The number of hydrogen-bond donors (Lipinski definition) is 1. The summed E-state index contributed by atoms with van der Waals surface area (Å²) in [4.78, 5) is 24.3. The number of carbonyl (C=O) groups is 1. The highest BCUT2D eigenvalue weighted by atomic mass is 19.1. The van der Waals surface area contributed by atoms with E-state index in [2.05, 4.69) is 5.32 Å². The lowest BCUT2D eigenvalue weighted by Gasteiger charge is -2.25. The van der Waals surface area contributed by atoms with Crippen molar-refractivity contribution in [1.82, 2.24) is 5.32 Å². The predicted molar refractivity (Wildman–Crippen MR) is 74.6 cm³/mol. The van der Waals surface area contributed by atoms with Crippen LogP contribution in [0.3, 0.4) is 0 Å². The van der Waals surface area contributed by atoms with Crippen molar-refractivity contribution in [2.75, 3.05) is 11.4 Å². The van der Waals surface area contributed by atoms with E-state index in [1.54, 1.807) is 4.90 Å². The van der Waals surface area contributed by atoms with Crippen molar-refractivity contribution >= 4 is 17.3 Å². The minimum absolute atomic E-state index is 0.117. The summed E-state index contributed by atoms with van der Waals surface area (Å²) in [6.07, 6.45) is 3.36. The Morgan fingerprint density at radius 2 is 2.14 bits per heavy atom. The second kappa shape index (κ2) is 5.31. The normalized spacial score (nSPS) is 21.4. The van der Waals surface area contributed by atoms with Crippen LogP contribution in [0.1, 0.15) is 25.7 Å². The fourth-order valence-electron chi connectivity index (χ4n) is 2.77. The van der Waals surface area contributed by atoms with Crippen LogP contribution in [-0.2, 0) is 4.79 Å². The lowest BCUT2D eigenvalue weighted by Crippen LogP contribution is -2.44. The van der Waals surface area contributed by atoms with Crippen LogP contribution in [0.5, 0.6) is 0 Å². The summed E-state index contributed by atoms with van der Waals surface area (Å²) in [6, 6.07) is 3.79. The monoisotopic (exact) mass is 293 g/mol. The van der Waals surface area contributed by atoms with E-state index in [9.17, 15) is 19.3 Å². The number of anilines is 1. The van der Waals surface area contributed by atoms with Crippen molar-refractivity contribution in [1.29, 1.82) is 0 Å². The quantitative estimate of drug-likeness (QED) is 0.680. The van der Waals surface area contributed by atoms with Crippen molar-refractivity contribution in [3.05, 3.63) is 34.1 Å². The number of para-hydroxylation sites is 1. The van der Waals surface area contributed by atoms with Gasteiger partial charge >= 0.3 is 5.69 Å². The second-order valence-electron chi connectivity index (χ2n) is 5.50. The molecule has 1 amide bonds. The Hall–Kier alpha value is -2.18. The second-order valence-corrected chi connectivity index (χ2v) is 5.50. The van der Waals surface area contributed by atoms with E-state index in [0.717, 1.165) is 25.3 Å². The maximum atomic E-state index is 13.7. The molecule has 0 spiro atoms. The zero-order valence-electron chi connectivity index (χ0n) is 11.4. The number of benzene rings is 1. The van der Waals surface area contributed by atoms with E-state index in [0.29, 0.717) is 13.0 Å². The van der Waals surface area contributed by atoms with E-state index in [1.165, 1.54) is 12.1 Å². The largest absolute Gasteiger partial charge is 0.354 e. The third-order valence-electron chi connectivity index (χ3n) is 3.94. The average Bonchev–Trinajstić information content (AvgIpc) is 3.11. The molecule has 1 heterocycles. The first kappa shape index (κ1) is 13.8. The Morgan fingerprint density at radius 3 is 2.81 bits per heavy atom. The Kier molecular flexibility index (Phi) is 3.48. The van der Waals surface area contributed by atoms with E-state index in [-0.39, 0.29) is 17.6 Å². The van der Waals surface area contributed by atoms with E-state index in [4.69, 9.17) is 0 Å². The van der Waals surface area contributed by atoms with Crippen LogP contribution in [0.15, 0.2) is 18.2 Å². The molecule has 1 aromatic carbocycles. The van der Waals surface area contributed by atoms with Crippen molar-refractivity contribution in [2.24, 2.45) is 0 Å². The molecule has 21 heavy (non-hydrogen) atoms. The molecule has 2 aliphatic rings. The van der Waals surface area contributed by atoms with Gasteiger partial charge in [0.1, 0.15) is 11.7 Å². The number of rotatable bonds is 4. The molecule has 1 atom stereocenters. The highest BCUT2D eigenvalue weighted by molar-refractivity contribution is 5.87. The standard InChI is InChI=1S/C14H16FN3O3/c15-10-3-1-4-11(13(10)18(20)21)17-8-2-5-12(17)14(19)16-9-6-7-9/h1,3-4,9,12H,2,5-8H2,(H,16,19)/t12-/m0/s1. The molecular formula is C14H16FN3O3. The minimum atomic E-state index is -0.870. The van der Waals surface area contributed by atoms with Crippen LogP contribution < -0.4 is 10.2 Å². The van der Waals surface area contributed by atoms with Gasteiger partial charge in [0.15, 0.2) is 0 Å². The number of halogens is 1. The highest BCUT2D eigenvalue weighted by Crippen LogP contribution is 2.35. The number of carbonyl (C=O) groups excluding carboxylic acids is 1. The SMILES string of the molecule is O=C(NC1CC1)[C@@H]1CCCN1c1cccc(F)c1[N+](=O)[O-]. The molecule has 1 aliphatic carbocycles. The van der Waals surface area contributed by atoms with Gasteiger partial charge in [0.2, 0.25) is 11.7 Å². The molecule has 1 N–H and O–H groups in total. The first-order valence-corrected chi connectivity index (χ1v) is 7.08. The summed E-state index contributed by atoms with van der Waals surface area (Å²) in [5.41, 5.74) is -0.364. The van der Waals surface area contributed by atoms with Crippen LogP contribution >= 0.6 is 0 Å². The molecule has 1 saturated carbocycles. The first-order valence-electron chi connectivity index (χ1n) is 7.08. The topological polar surface area (TPSA) is 75.5 Å². The van der Waals surface area contributed by atoms with Crippen molar-refractivity contribution in [3.8, 4) is 0 Å². The van der Waals surface area contributed by atoms with E-state index >= 15 is 0 Å². The maximum Gasteiger partial charge on any atom is 0.327 e. The minimum Gasteiger partial charge on any atom is -0.354 e. The third kappa shape index (κ3) is 2.68. The van der Waals surface area contributed by atoms with Crippen LogP contribution in [0, 0.1) is 15.9 Å². The Labute approximate surface area is 121 Å². The van der Waals surface area contributed by atoms with Gasteiger partial charge in [-0.05, 0) is 37.8 Å². The maximum absolute atomic E-state index is 13.7. The molecule has 2 fully saturated rings. The van der Waals surface area contributed by atoms with E-state index < -0.39 is 22.5 Å². The van der Waals surface area contributed by atoms with E-state index in [1.807, 2.05) is 0 Å². The summed E-state index contributed by atoms with van der Waals surface area (Å²) in [6.45, 7) is 0.521. The molecule has 6 nitrogen and oxygen atoms in total. The van der Waals surface area contributed by atoms with Gasteiger partial charge in [0, 0.05) is 12.6 Å². The zero-order valence-corrected chi connectivity index (χ0v) is 11.4. The van der Waals surface area contributed by atoms with Gasteiger partial charge in [-0.15, -0.1) is 0 Å². The van der Waals surface area contributed by atoms with Crippen LogP contribution in [-0.4, -0.2) is 29.5 Å². The summed E-state index contributed by atoms with van der Waals surface area (Å²) in [7, 11) is 0. The summed E-state index contributed by atoms with van der Waals surface area (Å²) >= 11 is 0. The predicted octanol–water partition coefficient (Wildman–Crippen LogP) is 1.98. The summed E-state index contributed by atoms with van der Waals surface area (Å²) < 4.78 is 13.7. The molecule has 112 valence electrons. The molecule has 0 unspecified atom stereocenters. The molecular weight excluding hydrogens is 277 g/mol. The third-order valence-corrected chi connectivity index (χ3v) is 3.94. The lowest BCUT2D eigenvalue weighted by atomic mass is 10.1. The van der Waals surface area contributed by atoms with Gasteiger partial charge in [-0.1, -0.05) is 6.07 Å². The van der Waals surface area contributed by atoms with Gasteiger partial charge in [-0.25, -0.2) is 0 Å². The number of nitrogens with zero attached hydrogens (tertiary/aromatic N) is 2. The Balaban J connectivity index is 1.89. The van der Waals surface area contributed by atoms with Crippen LogP contribution in [0.25, 0.3) is 0 Å². The Morgan fingerprint density at radius 1 is 1.38 bits per heavy atom. The zero-order chi connectivity index (χ0) is 15.0. The number of nitrogens with one attached hydrogen (secondary N) is 1. The molecule has 1 aromatic rings. The van der Waals surface area contributed by atoms with Gasteiger partial charge in [-0.3, -0.25) is 14.9 Å². The molecule has 1 aliphatic heterocycles. The van der Waals surface area contributed by atoms with Gasteiger partial charge < -0.3 is 10.2 Å². The summed E-state index contributed by atoms with van der Waals surface area (Å²) in [5.74, 6) is -0.987. The molecule has 0 radical (unpaired) electrons. The highest BCUT2D eigenvalue weighted by Gasteiger charge is 2.37.